The molecule has 1 aliphatic heterocycles. The number of methoxy groups -OCH3 is 1. The van der Waals surface area contributed by atoms with Crippen LogP contribution in [0.3, 0.4) is 0 Å². The van der Waals surface area contributed by atoms with Crippen LogP contribution in [0, 0.1) is 0 Å². The first-order valence-electron chi connectivity index (χ1n) is 9.13. The van der Waals surface area contributed by atoms with Crippen LogP contribution in [0.1, 0.15) is 10.4 Å². The van der Waals surface area contributed by atoms with E-state index in [1.807, 2.05) is 35.2 Å². The van der Waals surface area contributed by atoms with Gasteiger partial charge in [0, 0.05) is 42.8 Å². The second-order valence-corrected chi connectivity index (χ2v) is 7.09. The molecule has 0 bridgehead atoms. The Balaban J connectivity index is 1.39. The summed E-state index contributed by atoms with van der Waals surface area (Å²) in [5.74, 6) is 1.76. The van der Waals surface area contributed by atoms with Gasteiger partial charge in [-0.3, -0.25) is 9.89 Å². The van der Waals surface area contributed by atoms with E-state index in [2.05, 4.69) is 15.1 Å². The molecule has 1 aliphatic rings. The number of rotatable bonds is 4. The largest absolute Gasteiger partial charge is 0.497 e. The summed E-state index contributed by atoms with van der Waals surface area (Å²) >= 11 is 5.90. The standard InChI is InChI=1S/C21H21ClN4O2/c1-28-18-8-4-15(5-9-18)19-14-20(24-23-19)25-10-12-26(13-11-25)21(27)16-2-6-17(22)7-3-16/h2-9,14H,10-13H2,1H3,(H,23,24). The van der Waals surface area contributed by atoms with Crippen LogP contribution in [0.5, 0.6) is 5.75 Å². The van der Waals surface area contributed by atoms with Gasteiger partial charge in [0.2, 0.25) is 0 Å². The van der Waals surface area contributed by atoms with Crippen molar-refractivity contribution < 1.29 is 9.53 Å². The molecule has 0 saturated carbocycles. The smallest absolute Gasteiger partial charge is 0.253 e. The lowest BCUT2D eigenvalue weighted by Crippen LogP contribution is -2.48. The highest BCUT2D eigenvalue weighted by Crippen LogP contribution is 2.25. The first-order valence-corrected chi connectivity index (χ1v) is 9.51. The average Bonchev–Trinajstić information content (AvgIpc) is 3.24. The van der Waals surface area contributed by atoms with Crippen LogP contribution in [0.15, 0.2) is 54.6 Å². The number of nitrogens with zero attached hydrogens (tertiary/aromatic N) is 3. The molecular weight excluding hydrogens is 376 g/mol. The van der Waals surface area contributed by atoms with E-state index in [1.54, 1.807) is 31.4 Å². The maximum atomic E-state index is 12.6. The Hall–Kier alpha value is -2.99. The second-order valence-electron chi connectivity index (χ2n) is 6.65. The summed E-state index contributed by atoms with van der Waals surface area (Å²) in [6.45, 7) is 2.80. The normalized spacial score (nSPS) is 14.2. The fourth-order valence-electron chi connectivity index (χ4n) is 3.31. The molecule has 0 spiro atoms. The van der Waals surface area contributed by atoms with Gasteiger partial charge in [0.15, 0.2) is 5.82 Å². The molecule has 4 rings (SSSR count). The molecule has 2 aromatic carbocycles. The summed E-state index contributed by atoms with van der Waals surface area (Å²) in [5.41, 5.74) is 2.67. The molecule has 7 heteroatoms. The quantitative estimate of drug-likeness (QED) is 0.730. The van der Waals surface area contributed by atoms with E-state index in [-0.39, 0.29) is 5.91 Å². The van der Waals surface area contributed by atoms with Crippen molar-refractivity contribution in [2.75, 3.05) is 38.2 Å². The predicted octanol–water partition coefficient (Wildman–Crippen LogP) is 3.70. The van der Waals surface area contributed by atoms with Gasteiger partial charge in [-0.15, -0.1) is 0 Å². The Labute approximate surface area is 168 Å². The van der Waals surface area contributed by atoms with E-state index in [4.69, 9.17) is 16.3 Å². The Kier molecular flexibility index (Phi) is 5.21. The van der Waals surface area contributed by atoms with Crippen molar-refractivity contribution in [2.45, 2.75) is 0 Å². The van der Waals surface area contributed by atoms with Crippen LogP contribution in [-0.2, 0) is 0 Å². The summed E-state index contributed by atoms with van der Waals surface area (Å²) in [4.78, 5) is 16.7. The Morgan fingerprint density at radius 3 is 2.36 bits per heavy atom. The number of aromatic amines is 1. The van der Waals surface area contributed by atoms with Crippen molar-refractivity contribution >= 4 is 23.3 Å². The number of aromatic nitrogens is 2. The van der Waals surface area contributed by atoms with Crippen molar-refractivity contribution in [2.24, 2.45) is 0 Å². The van der Waals surface area contributed by atoms with Crippen molar-refractivity contribution in [3.63, 3.8) is 0 Å². The summed E-state index contributed by atoms with van der Waals surface area (Å²) in [6, 6.07) is 16.9. The highest BCUT2D eigenvalue weighted by atomic mass is 35.5. The number of carbonyl (C=O) groups is 1. The maximum Gasteiger partial charge on any atom is 0.253 e. The lowest BCUT2D eigenvalue weighted by Gasteiger charge is -2.34. The minimum Gasteiger partial charge on any atom is -0.497 e. The first kappa shape index (κ1) is 18.4. The first-order chi connectivity index (χ1) is 13.6. The lowest BCUT2D eigenvalue weighted by molar-refractivity contribution is 0.0746. The van der Waals surface area contributed by atoms with Gasteiger partial charge in [-0.05, 0) is 54.1 Å². The number of nitrogens with one attached hydrogen (secondary N) is 1. The molecule has 1 aromatic heterocycles. The third-order valence-corrected chi connectivity index (χ3v) is 5.20. The van der Waals surface area contributed by atoms with Gasteiger partial charge in [-0.1, -0.05) is 11.6 Å². The molecule has 1 amide bonds. The summed E-state index contributed by atoms with van der Waals surface area (Å²) in [5, 5.41) is 8.18. The van der Waals surface area contributed by atoms with Crippen molar-refractivity contribution in [3.05, 3.63) is 65.2 Å². The molecule has 2 heterocycles. The zero-order chi connectivity index (χ0) is 19.5. The molecule has 0 radical (unpaired) electrons. The number of benzene rings is 2. The number of piperazine rings is 1. The van der Waals surface area contributed by atoms with E-state index in [0.717, 1.165) is 35.9 Å². The van der Waals surface area contributed by atoms with Crippen LogP contribution in [-0.4, -0.2) is 54.3 Å². The molecule has 1 saturated heterocycles. The van der Waals surface area contributed by atoms with Gasteiger partial charge in [0.1, 0.15) is 5.75 Å². The van der Waals surface area contributed by atoms with Gasteiger partial charge < -0.3 is 14.5 Å². The highest BCUT2D eigenvalue weighted by molar-refractivity contribution is 6.30. The number of amides is 1. The van der Waals surface area contributed by atoms with Crippen molar-refractivity contribution in [3.8, 4) is 17.0 Å². The monoisotopic (exact) mass is 396 g/mol. The summed E-state index contributed by atoms with van der Waals surface area (Å²) in [6.07, 6.45) is 0. The van der Waals surface area contributed by atoms with Gasteiger partial charge in [-0.2, -0.15) is 5.10 Å². The van der Waals surface area contributed by atoms with Crippen molar-refractivity contribution in [1.29, 1.82) is 0 Å². The lowest BCUT2D eigenvalue weighted by atomic mass is 10.1. The Bertz CT molecular complexity index is 945. The summed E-state index contributed by atoms with van der Waals surface area (Å²) in [7, 11) is 1.65. The van der Waals surface area contributed by atoms with Gasteiger partial charge in [0.05, 0.1) is 12.8 Å². The molecule has 144 valence electrons. The van der Waals surface area contributed by atoms with E-state index < -0.39 is 0 Å². The molecule has 3 aromatic rings. The van der Waals surface area contributed by atoms with Gasteiger partial charge >= 0.3 is 0 Å². The van der Waals surface area contributed by atoms with Gasteiger partial charge in [-0.25, -0.2) is 0 Å². The minimum atomic E-state index is 0.0391. The molecular formula is C21H21ClN4O2. The van der Waals surface area contributed by atoms with E-state index in [1.165, 1.54) is 0 Å². The maximum absolute atomic E-state index is 12.6. The third kappa shape index (κ3) is 3.82. The second kappa shape index (κ2) is 7.94. The Morgan fingerprint density at radius 2 is 1.71 bits per heavy atom. The van der Waals surface area contributed by atoms with Crippen LogP contribution in [0.25, 0.3) is 11.3 Å². The molecule has 1 N–H and O–H groups in total. The minimum absolute atomic E-state index is 0.0391. The van der Waals surface area contributed by atoms with Crippen LogP contribution >= 0.6 is 11.6 Å². The Morgan fingerprint density at radius 1 is 1.04 bits per heavy atom. The topological polar surface area (TPSA) is 61.5 Å². The van der Waals surface area contributed by atoms with E-state index in [0.29, 0.717) is 23.7 Å². The fourth-order valence-corrected chi connectivity index (χ4v) is 3.43. The van der Waals surface area contributed by atoms with E-state index >= 15 is 0 Å². The number of hydrogen-bond donors (Lipinski definition) is 1. The van der Waals surface area contributed by atoms with E-state index in [9.17, 15) is 4.79 Å². The van der Waals surface area contributed by atoms with Gasteiger partial charge in [0.25, 0.3) is 5.91 Å². The predicted molar refractivity (Wildman–Crippen MR) is 110 cm³/mol. The zero-order valence-corrected chi connectivity index (χ0v) is 16.3. The number of hydrogen-bond acceptors (Lipinski definition) is 4. The highest BCUT2D eigenvalue weighted by Gasteiger charge is 2.23. The SMILES string of the molecule is COc1ccc(-c2cc(N3CCN(C(=O)c4ccc(Cl)cc4)CC3)n[nH]2)cc1. The fraction of sp³-hybridized carbons (Fsp3) is 0.238. The summed E-state index contributed by atoms with van der Waals surface area (Å²) < 4.78 is 5.20. The number of H-pyrrole nitrogens is 1. The molecule has 1 fully saturated rings. The number of carbonyl (C=O) groups excluding carboxylic acids is 1. The van der Waals surface area contributed by atoms with Crippen LogP contribution < -0.4 is 9.64 Å². The molecule has 0 atom stereocenters. The third-order valence-electron chi connectivity index (χ3n) is 4.95. The number of anilines is 1. The molecule has 0 unspecified atom stereocenters. The number of halogens is 1. The molecule has 28 heavy (non-hydrogen) atoms. The average molecular weight is 397 g/mol. The molecule has 6 nitrogen and oxygen atoms in total. The van der Waals surface area contributed by atoms with Crippen LogP contribution in [0.4, 0.5) is 5.82 Å². The molecule has 0 aliphatic carbocycles. The van der Waals surface area contributed by atoms with Crippen molar-refractivity contribution in [1.82, 2.24) is 15.1 Å². The van der Waals surface area contributed by atoms with Crippen LogP contribution in [0.2, 0.25) is 5.02 Å². The zero-order valence-electron chi connectivity index (χ0n) is 15.6. The number of ether oxygens (including phenoxy) is 1.